The molecule has 0 aliphatic rings. The van der Waals surface area contributed by atoms with E-state index in [1.807, 2.05) is 38.5 Å². The molecule has 2 rings (SSSR count). The molecular formula is C26H33FN2O4S. The Bertz CT molecular complexity index is 1080. The van der Waals surface area contributed by atoms with Crippen LogP contribution >= 0.6 is 0 Å². The van der Waals surface area contributed by atoms with Crippen molar-refractivity contribution in [1.29, 1.82) is 0 Å². The molecule has 0 heterocycles. The van der Waals surface area contributed by atoms with Gasteiger partial charge in [-0.3, -0.25) is 9.59 Å². The van der Waals surface area contributed by atoms with Gasteiger partial charge < -0.3 is 4.90 Å². The number of amides is 2. The molecule has 0 aromatic heterocycles. The average molecular weight is 489 g/mol. The van der Waals surface area contributed by atoms with Crippen molar-refractivity contribution >= 4 is 27.9 Å². The highest BCUT2D eigenvalue weighted by Crippen LogP contribution is 2.18. The van der Waals surface area contributed by atoms with Gasteiger partial charge in [-0.05, 0) is 61.9 Å². The highest BCUT2D eigenvalue weighted by molar-refractivity contribution is 7.93. The normalized spacial score (nSPS) is 12.8. The van der Waals surface area contributed by atoms with Crippen molar-refractivity contribution in [2.75, 3.05) is 6.54 Å². The third kappa shape index (κ3) is 8.74. The number of hydrogen-bond donors (Lipinski definition) is 1. The van der Waals surface area contributed by atoms with Crippen LogP contribution in [0.2, 0.25) is 0 Å². The van der Waals surface area contributed by atoms with Gasteiger partial charge in [0.1, 0.15) is 11.7 Å². The topological polar surface area (TPSA) is 83.5 Å². The SMILES string of the molecule is CC(C)CC(C(=O)NS(=O)(=O)C=Cc1ccccc1)C(=O)N(CCc1ccc(F)cc1)C(C)C. The van der Waals surface area contributed by atoms with Crippen molar-refractivity contribution < 1.29 is 22.4 Å². The fourth-order valence-corrected chi connectivity index (χ4v) is 4.32. The molecule has 2 aromatic rings. The van der Waals surface area contributed by atoms with Gasteiger partial charge in [0.15, 0.2) is 0 Å². The number of rotatable bonds is 11. The molecule has 0 saturated carbocycles. The Morgan fingerprint density at radius 1 is 1.00 bits per heavy atom. The largest absolute Gasteiger partial charge is 0.339 e. The first-order valence-electron chi connectivity index (χ1n) is 11.3. The number of nitrogens with one attached hydrogen (secondary N) is 1. The van der Waals surface area contributed by atoms with Gasteiger partial charge >= 0.3 is 0 Å². The van der Waals surface area contributed by atoms with Crippen molar-refractivity contribution in [3.8, 4) is 0 Å². The second-order valence-electron chi connectivity index (χ2n) is 8.91. The van der Waals surface area contributed by atoms with Gasteiger partial charge in [0.25, 0.3) is 10.0 Å². The number of halogens is 1. The Kier molecular flexibility index (Phi) is 9.98. The number of sulfonamides is 1. The highest BCUT2D eigenvalue weighted by Gasteiger charge is 2.34. The van der Waals surface area contributed by atoms with Crippen LogP contribution in [0, 0.1) is 17.7 Å². The van der Waals surface area contributed by atoms with Crippen LogP contribution in [0.15, 0.2) is 60.0 Å². The van der Waals surface area contributed by atoms with E-state index < -0.39 is 27.8 Å². The second-order valence-corrected chi connectivity index (χ2v) is 10.5. The summed E-state index contributed by atoms with van der Waals surface area (Å²) in [4.78, 5) is 27.9. The lowest BCUT2D eigenvalue weighted by atomic mass is 9.94. The van der Waals surface area contributed by atoms with E-state index in [0.29, 0.717) is 18.5 Å². The van der Waals surface area contributed by atoms with Crippen molar-refractivity contribution in [2.24, 2.45) is 11.8 Å². The minimum absolute atomic E-state index is 0.00613. The number of hydrogen-bond acceptors (Lipinski definition) is 4. The van der Waals surface area contributed by atoms with E-state index in [2.05, 4.69) is 0 Å². The number of nitrogens with zero attached hydrogens (tertiary/aromatic N) is 1. The maximum absolute atomic E-state index is 13.4. The lowest BCUT2D eigenvalue weighted by Gasteiger charge is -2.31. The Morgan fingerprint density at radius 2 is 1.62 bits per heavy atom. The molecule has 0 spiro atoms. The van der Waals surface area contributed by atoms with Gasteiger partial charge in [-0.25, -0.2) is 17.5 Å². The van der Waals surface area contributed by atoms with E-state index in [-0.39, 0.29) is 24.2 Å². The van der Waals surface area contributed by atoms with Crippen molar-refractivity contribution in [2.45, 2.75) is 46.6 Å². The van der Waals surface area contributed by atoms with Crippen LogP contribution in [-0.2, 0) is 26.0 Å². The summed E-state index contributed by atoms with van der Waals surface area (Å²) < 4.78 is 40.2. The monoisotopic (exact) mass is 488 g/mol. The van der Waals surface area contributed by atoms with Crippen LogP contribution in [0.1, 0.15) is 45.2 Å². The molecule has 0 fully saturated rings. The molecular weight excluding hydrogens is 455 g/mol. The first kappa shape index (κ1) is 27.2. The summed E-state index contributed by atoms with van der Waals surface area (Å²) in [6.07, 6.45) is 2.08. The molecule has 34 heavy (non-hydrogen) atoms. The summed E-state index contributed by atoms with van der Waals surface area (Å²) in [5.74, 6) is -2.75. The molecule has 8 heteroatoms. The first-order valence-corrected chi connectivity index (χ1v) is 12.9. The molecule has 1 atom stereocenters. The Labute approximate surface area is 201 Å². The summed E-state index contributed by atoms with van der Waals surface area (Å²) in [7, 11) is -4.08. The second kappa shape index (κ2) is 12.5. The zero-order valence-electron chi connectivity index (χ0n) is 20.1. The number of benzene rings is 2. The molecule has 2 aromatic carbocycles. The standard InChI is InChI=1S/C26H33FN2O4S/c1-19(2)18-24(25(30)28-34(32,33)17-15-21-8-6-5-7-9-21)26(31)29(20(3)4)16-14-22-10-12-23(27)13-11-22/h5-13,15,17,19-20,24H,14,16,18H2,1-4H3,(H,28,30). The van der Waals surface area contributed by atoms with Crippen LogP contribution in [0.3, 0.4) is 0 Å². The van der Waals surface area contributed by atoms with Gasteiger partial charge in [0, 0.05) is 12.6 Å². The predicted octanol–water partition coefficient (Wildman–Crippen LogP) is 4.38. The quantitative estimate of drug-likeness (QED) is 0.476. The maximum atomic E-state index is 13.4. The minimum Gasteiger partial charge on any atom is -0.339 e. The molecule has 0 radical (unpaired) electrons. The summed E-state index contributed by atoms with van der Waals surface area (Å²) in [5.41, 5.74) is 1.53. The molecule has 0 bridgehead atoms. The predicted molar refractivity (Wildman–Crippen MR) is 132 cm³/mol. The molecule has 0 saturated heterocycles. The fourth-order valence-electron chi connectivity index (χ4n) is 3.49. The Morgan fingerprint density at radius 3 is 2.18 bits per heavy atom. The summed E-state index contributed by atoms with van der Waals surface area (Å²) in [6, 6.07) is 14.7. The van der Waals surface area contributed by atoms with Crippen LogP contribution in [0.5, 0.6) is 0 Å². The van der Waals surface area contributed by atoms with E-state index >= 15 is 0 Å². The first-order chi connectivity index (χ1) is 16.0. The molecule has 1 N–H and O–H groups in total. The average Bonchev–Trinajstić information content (AvgIpc) is 2.77. The van der Waals surface area contributed by atoms with Gasteiger partial charge in [-0.2, -0.15) is 0 Å². The summed E-state index contributed by atoms with van der Waals surface area (Å²) in [6.45, 7) is 7.74. The third-order valence-electron chi connectivity index (χ3n) is 5.26. The van der Waals surface area contributed by atoms with Gasteiger partial charge in [-0.1, -0.05) is 56.3 Å². The van der Waals surface area contributed by atoms with Crippen LogP contribution in [0.4, 0.5) is 4.39 Å². The maximum Gasteiger partial charge on any atom is 0.257 e. The van der Waals surface area contributed by atoms with E-state index in [1.165, 1.54) is 18.2 Å². The lowest BCUT2D eigenvalue weighted by Crippen LogP contribution is -2.48. The van der Waals surface area contributed by atoms with E-state index in [4.69, 9.17) is 0 Å². The number of carbonyl (C=O) groups is 2. The molecule has 184 valence electrons. The third-order valence-corrected chi connectivity index (χ3v) is 6.24. The molecule has 6 nitrogen and oxygen atoms in total. The van der Waals surface area contributed by atoms with Gasteiger partial charge in [-0.15, -0.1) is 0 Å². The van der Waals surface area contributed by atoms with Crippen molar-refractivity contribution in [3.63, 3.8) is 0 Å². The lowest BCUT2D eigenvalue weighted by molar-refractivity contribution is -0.143. The highest BCUT2D eigenvalue weighted by atomic mass is 32.2. The van der Waals surface area contributed by atoms with Crippen LogP contribution < -0.4 is 4.72 Å². The zero-order chi connectivity index (χ0) is 25.3. The molecule has 0 aliphatic carbocycles. The minimum atomic E-state index is -4.08. The van der Waals surface area contributed by atoms with Crippen molar-refractivity contribution in [3.05, 3.63) is 76.9 Å². The Hall–Kier alpha value is -3.00. The molecule has 1 unspecified atom stereocenters. The molecule has 2 amide bonds. The number of carbonyl (C=O) groups excluding carboxylic acids is 2. The van der Waals surface area contributed by atoms with Crippen LogP contribution in [0.25, 0.3) is 6.08 Å². The Balaban J connectivity index is 2.16. The summed E-state index contributed by atoms with van der Waals surface area (Å²) in [5, 5.41) is 0.923. The van der Waals surface area contributed by atoms with Crippen LogP contribution in [-0.4, -0.2) is 37.7 Å². The summed E-state index contributed by atoms with van der Waals surface area (Å²) >= 11 is 0. The van der Waals surface area contributed by atoms with Gasteiger partial charge in [0.05, 0.1) is 5.41 Å². The van der Waals surface area contributed by atoms with Crippen molar-refractivity contribution in [1.82, 2.24) is 9.62 Å². The molecule has 0 aliphatic heterocycles. The van der Waals surface area contributed by atoms with E-state index in [0.717, 1.165) is 11.0 Å². The van der Waals surface area contributed by atoms with E-state index in [1.54, 1.807) is 41.3 Å². The smallest absolute Gasteiger partial charge is 0.257 e. The van der Waals surface area contributed by atoms with E-state index in [9.17, 15) is 22.4 Å². The van der Waals surface area contributed by atoms with Gasteiger partial charge in [0.2, 0.25) is 11.8 Å². The fraction of sp³-hybridized carbons (Fsp3) is 0.385. The zero-order valence-corrected chi connectivity index (χ0v) is 20.9.